The standard InChI is InChI=1S/C13H18N2O4S/c1-8-5-9(2)15(7-8)20(18,19)12-6-10(14)3-4-11(12)13(16)17/h3-4,6,8-9H,5,7,14H2,1-2H3,(H,16,17). The van der Waals surface area contributed by atoms with Crippen LogP contribution in [0.2, 0.25) is 0 Å². The van der Waals surface area contributed by atoms with Gasteiger partial charge in [-0.3, -0.25) is 0 Å². The van der Waals surface area contributed by atoms with E-state index in [1.165, 1.54) is 22.5 Å². The number of nitrogens with two attached hydrogens (primary N) is 1. The number of benzene rings is 1. The summed E-state index contributed by atoms with van der Waals surface area (Å²) in [6.07, 6.45) is 0.768. The molecule has 1 heterocycles. The fraction of sp³-hybridized carbons (Fsp3) is 0.462. The molecule has 0 radical (unpaired) electrons. The molecule has 2 rings (SSSR count). The zero-order valence-corrected chi connectivity index (χ0v) is 12.2. The number of nitrogen functional groups attached to an aromatic ring is 1. The van der Waals surface area contributed by atoms with Crippen molar-refractivity contribution in [2.45, 2.75) is 31.2 Å². The second-order valence-corrected chi connectivity index (χ2v) is 7.18. The minimum atomic E-state index is -3.85. The number of carboxylic acids is 1. The van der Waals surface area contributed by atoms with Crippen LogP contribution in [0.4, 0.5) is 5.69 Å². The van der Waals surface area contributed by atoms with Gasteiger partial charge < -0.3 is 10.8 Å². The van der Waals surface area contributed by atoms with Gasteiger partial charge in [0, 0.05) is 18.3 Å². The van der Waals surface area contributed by atoms with Crippen LogP contribution >= 0.6 is 0 Å². The van der Waals surface area contributed by atoms with Gasteiger partial charge in [0.25, 0.3) is 0 Å². The first-order chi connectivity index (χ1) is 9.23. The monoisotopic (exact) mass is 298 g/mol. The highest BCUT2D eigenvalue weighted by molar-refractivity contribution is 7.89. The third-order valence-corrected chi connectivity index (χ3v) is 5.57. The van der Waals surface area contributed by atoms with E-state index in [1.807, 2.05) is 13.8 Å². The van der Waals surface area contributed by atoms with E-state index in [4.69, 9.17) is 10.8 Å². The number of carboxylic acid groups (broad SMARTS) is 1. The second kappa shape index (κ2) is 5.06. The Morgan fingerprint density at radius 3 is 2.55 bits per heavy atom. The van der Waals surface area contributed by atoms with Gasteiger partial charge in [-0.1, -0.05) is 6.92 Å². The van der Waals surface area contributed by atoms with Crippen LogP contribution in [-0.4, -0.2) is 36.4 Å². The number of hydrogen-bond donors (Lipinski definition) is 2. The van der Waals surface area contributed by atoms with Crippen molar-refractivity contribution in [2.24, 2.45) is 5.92 Å². The van der Waals surface area contributed by atoms with Gasteiger partial charge in [0.2, 0.25) is 10.0 Å². The van der Waals surface area contributed by atoms with Crippen molar-refractivity contribution in [3.63, 3.8) is 0 Å². The van der Waals surface area contributed by atoms with Crippen LogP contribution in [0.5, 0.6) is 0 Å². The van der Waals surface area contributed by atoms with Crippen molar-refractivity contribution in [1.29, 1.82) is 0 Å². The highest BCUT2D eigenvalue weighted by atomic mass is 32.2. The maximum absolute atomic E-state index is 12.7. The molecule has 1 aliphatic heterocycles. The van der Waals surface area contributed by atoms with Crippen molar-refractivity contribution >= 4 is 21.7 Å². The van der Waals surface area contributed by atoms with Gasteiger partial charge in [-0.2, -0.15) is 4.31 Å². The van der Waals surface area contributed by atoms with Crippen LogP contribution in [0.15, 0.2) is 23.1 Å². The summed E-state index contributed by atoms with van der Waals surface area (Å²) in [4.78, 5) is 11.0. The molecule has 7 heteroatoms. The summed E-state index contributed by atoms with van der Waals surface area (Å²) in [5.41, 5.74) is 5.59. The molecule has 3 N–H and O–H groups in total. The summed E-state index contributed by atoms with van der Waals surface area (Å²) in [5, 5.41) is 9.16. The molecule has 1 aromatic carbocycles. The Kier molecular flexibility index (Phi) is 3.75. The van der Waals surface area contributed by atoms with E-state index in [2.05, 4.69) is 0 Å². The number of hydrogen-bond acceptors (Lipinski definition) is 4. The normalized spacial score (nSPS) is 23.9. The summed E-state index contributed by atoms with van der Waals surface area (Å²) in [6, 6.07) is 3.69. The zero-order valence-electron chi connectivity index (χ0n) is 11.4. The molecule has 0 aromatic heterocycles. The molecule has 20 heavy (non-hydrogen) atoms. The molecule has 2 atom stereocenters. The highest BCUT2D eigenvalue weighted by Gasteiger charge is 2.37. The van der Waals surface area contributed by atoms with Crippen LogP contribution in [0.1, 0.15) is 30.6 Å². The fourth-order valence-corrected chi connectivity index (χ4v) is 4.63. The first kappa shape index (κ1) is 14.8. The number of aromatic carboxylic acids is 1. The van der Waals surface area contributed by atoms with E-state index >= 15 is 0 Å². The first-order valence-corrected chi connectivity index (χ1v) is 7.82. The van der Waals surface area contributed by atoms with Gasteiger partial charge in [0.1, 0.15) is 0 Å². The van der Waals surface area contributed by atoms with Gasteiger partial charge in [0.05, 0.1) is 10.5 Å². The Bertz CT molecular complexity index is 642. The number of rotatable bonds is 3. The van der Waals surface area contributed by atoms with Crippen LogP contribution in [0.3, 0.4) is 0 Å². The largest absolute Gasteiger partial charge is 0.478 e. The Labute approximate surface area is 118 Å². The summed E-state index contributed by atoms with van der Waals surface area (Å²) in [6.45, 7) is 4.20. The molecular formula is C13H18N2O4S. The smallest absolute Gasteiger partial charge is 0.337 e. The Morgan fingerprint density at radius 1 is 1.40 bits per heavy atom. The van der Waals surface area contributed by atoms with E-state index in [-0.39, 0.29) is 28.1 Å². The van der Waals surface area contributed by atoms with Gasteiger partial charge in [-0.05, 0) is 37.5 Å². The van der Waals surface area contributed by atoms with Crippen molar-refractivity contribution < 1.29 is 18.3 Å². The van der Waals surface area contributed by atoms with E-state index in [0.717, 1.165) is 6.42 Å². The molecule has 0 aliphatic carbocycles. The molecule has 6 nitrogen and oxygen atoms in total. The molecular weight excluding hydrogens is 280 g/mol. The minimum absolute atomic E-state index is 0.141. The van der Waals surface area contributed by atoms with Gasteiger partial charge in [-0.25, -0.2) is 13.2 Å². The summed E-state index contributed by atoms with van der Waals surface area (Å²) in [7, 11) is -3.85. The maximum Gasteiger partial charge on any atom is 0.337 e. The average Bonchev–Trinajstić information content (AvgIpc) is 2.68. The van der Waals surface area contributed by atoms with Crippen LogP contribution < -0.4 is 5.73 Å². The van der Waals surface area contributed by atoms with E-state index in [0.29, 0.717) is 6.54 Å². The SMILES string of the molecule is CC1CC(C)N(S(=O)(=O)c2cc(N)ccc2C(=O)O)C1. The number of anilines is 1. The third-order valence-electron chi connectivity index (χ3n) is 3.55. The lowest BCUT2D eigenvalue weighted by molar-refractivity contribution is 0.0692. The molecule has 0 amide bonds. The molecule has 110 valence electrons. The minimum Gasteiger partial charge on any atom is -0.478 e. The summed E-state index contributed by atoms with van der Waals surface area (Å²) < 4.78 is 26.7. The van der Waals surface area contributed by atoms with Crippen LogP contribution in [0.25, 0.3) is 0 Å². The van der Waals surface area contributed by atoms with Gasteiger partial charge in [-0.15, -0.1) is 0 Å². The van der Waals surface area contributed by atoms with Crippen LogP contribution in [-0.2, 0) is 10.0 Å². The lowest BCUT2D eigenvalue weighted by Crippen LogP contribution is -2.35. The molecule has 1 aromatic rings. The molecule has 0 saturated carbocycles. The molecule has 2 unspecified atom stereocenters. The topological polar surface area (TPSA) is 101 Å². The molecule has 1 aliphatic rings. The van der Waals surface area contributed by atoms with Crippen molar-refractivity contribution in [3.05, 3.63) is 23.8 Å². The van der Waals surface area contributed by atoms with Gasteiger partial charge in [0.15, 0.2) is 0 Å². The van der Waals surface area contributed by atoms with Crippen LogP contribution in [0, 0.1) is 5.92 Å². The highest BCUT2D eigenvalue weighted by Crippen LogP contribution is 2.31. The molecule has 0 bridgehead atoms. The van der Waals surface area contributed by atoms with Crippen molar-refractivity contribution in [1.82, 2.24) is 4.31 Å². The van der Waals surface area contributed by atoms with E-state index < -0.39 is 16.0 Å². The third kappa shape index (κ3) is 2.51. The number of nitrogens with zero attached hydrogens (tertiary/aromatic N) is 1. The summed E-state index contributed by atoms with van der Waals surface area (Å²) >= 11 is 0. The Hall–Kier alpha value is -1.60. The lowest BCUT2D eigenvalue weighted by atomic mass is 10.1. The molecule has 1 saturated heterocycles. The number of carbonyl (C=O) groups is 1. The summed E-state index contributed by atoms with van der Waals surface area (Å²) in [5.74, 6) is -1.02. The molecule has 0 spiro atoms. The molecule has 1 fully saturated rings. The quantitative estimate of drug-likeness (QED) is 0.821. The van der Waals surface area contributed by atoms with Gasteiger partial charge >= 0.3 is 5.97 Å². The lowest BCUT2D eigenvalue weighted by Gasteiger charge is -2.22. The van der Waals surface area contributed by atoms with Crippen molar-refractivity contribution in [2.75, 3.05) is 12.3 Å². The number of sulfonamides is 1. The predicted molar refractivity (Wildman–Crippen MR) is 74.9 cm³/mol. The Balaban J connectivity index is 2.55. The van der Waals surface area contributed by atoms with Crippen molar-refractivity contribution in [3.8, 4) is 0 Å². The zero-order chi connectivity index (χ0) is 15.1. The average molecular weight is 298 g/mol. The predicted octanol–water partition coefficient (Wildman–Crippen LogP) is 1.39. The second-order valence-electron chi connectivity index (χ2n) is 5.33. The fourth-order valence-electron chi connectivity index (χ4n) is 2.65. The maximum atomic E-state index is 12.7. The first-order valence-electron chi connectivity index (χ1n) is 6.38. The van der Waals surface area contributed by atoms with E-state index in [1.54, 1.807) is 0 Å². The van der Waals surface area contributed by atoms with E-state index in [9.17, 15) is 13.2 Å². The Morgan fingerprint density at radius 2 is 2.05 bits per heavy atom.